The van der Waals surface area contributed by atoms with E-state index < -0.39 is 11.9 Å². The topological polar surface area (TPSA) is 84.2 Å². The Bertz CT molecular complexity index is 745. The second kappa shape index (κ2) is 5.21. The minimum Gasteiger partial charge on any atom is -0.370 e. The first-order valence-electron chi connectivity index (χ1n) is 6.31. The summed E-state index contributed by atoms with van der Waals surface area (Å²) >= 11 is 3.40. The van der Waals surface area contributed by atoms with Crippen molar-refractivity contribution < 1.29 is 9.59 Å². The lowest BCUT2D eigenvalue weighted by Crippen LogP contribution is -2.20. The van der Waals surface area contributed by atoms with Gasteiger partial charge in [0, 0.05) is 27.0 Å². The molecular formula is C15H12BrN3O2. The molecule has 0 bridgehead atoms. The molecule has 3 rings (SSSR count). The average molecular weight is 346 g/mol. The summed E-state index contributed by atoms with van der Waals surface area (Å²) in [6, 6.07) is 11.9. The van der Waals surface area contributed by atoms with Crippen molar-refractivity contribution in [3.63, 3.8) is 0 Å². The fourth-order valence-corrected chi connectivity index (χ4v) is 2.68. The molecule has 106 valence electrons. The molecule has 0 saturated heterocycles. The predicted octanol–water partition coefficient (Wildman–Crippen LogP) is 2.65. The van der Waals surface area contributed by atoms with E-state index in [0.29, 0.717) is 11.3 Å². The van der Waals surface area contributed by atoms with Crippen LogP contribution in [0.4, 0.5) is 11.4 Å². The number of rotatable bonds is 3. The number of carbonyl (C=O) groups is 2. The summed E-state index contributed by atoms with van der Waals surface area (Å²) in [7, 11) is 0. The van der Waals surface area contributed by atoms with Gasteiger partial charge in [0.2, 0.25) is 5.91 Å². The van der Waals surface area contributed by atoms with Crippen LogP contribution in [0.5, 0.6) is 0 Å². The molecule has 1 aliphatic rings. The summed E-state index contributed by atoms with van der Waals surface area (Å²) < 4.78 is 0.899. The third kappa shape index (κ3) is 2.62. The zero-order chi connectivity index (χ0) is 15.0. The number of nitrogens with two attached hydrogens (primary N) is 1. The van der Waals surface area contributed by atoms with Gasteiger partial charge in [-0.1, -0.05) is 22.0 Å². The molecule has 1 aliphatic heterocycles. The molecule has 2 aromatic rings. The van der Waals surface area contributed by atoms with Crippen LogP contribution in [0.3, 0.4) is 0 Å². The maximum absolute atomic E-state index is 12.1. The standard InChI is InChI=1S/C15H12BrN3O2/c16-9-4-5-12-11(7-9)13(15(21)19-12)18-10-3-1-2-8(6-10)14(17)20/h1-7,13,18H,(H2,17,20)(H,19,21). The van der Waals surface area contributed by atoms with Crippen molar-refractivity contribution in [2.24, 2.45) is 5.73 Å². The van der Waals surface area contributed by atoms with Crippen LogP contribution >= 0.6 is 15.9 Å². The summed E-state index contributed by atoms with van der Waals surface area (Å²) in [6.45, 7) is 0. The molecule has 1 atom stereocenters. The van der Waals surface area contributed by atoms with Crippen molar-refractivity contribution in [3.8, 4) is 0 Å². The maximum atomic E-state index is 12.1. The van der Waals surface area contributed by atoms with Gasteiger partial charge < -0.3 is 16.4 Å². The molecule has 1 heterocycles. The fraction of sp³-hybridized carbons (Fsp3) is 0.0667. The van der Waals surface area contributed by atoms with Gasteiger partial charge in [-0.05, 0) is 36.4 Å². The summed E-state index contributed by atoms with van der Waals surface area (Å²) in [5.41, 5.74) is 7.97. The normalized spacial score (nSPS) is 16.2. The molecule has 21 heavy (non-hydrogen) atoms. The predicted molar refractivity (Wildman–Crippen MR) is 84.1 cm³/mol. The fourth-order valence-electron chi connectivity index (χ4n) is 2.30. The quantitative estimate of drug-likeness (QED) is 0.799. The van der Waals surface area contributed by atoms with E-state index in [0.717, 1.165) is 15.7 Å². The number of halogens is 1. The molecule has 0 saturated carbocycles. The van der Waals surface area contributed by atoms with Crippen LogP contribution in [0.1, 0.15) is 22.0 Å². The number of fused-ring (bicyclic) bond motifs is 1. The largest absolute Gasteiger partial charge is 0.370 e. The molecule has 2 amide bonds. The molecular weight excluding hydrogens is 334 g/mol. The number of primary amides is 1. The van der Waals surface area contributed by atoms with Crippen LogP contribution in [-0.2, 0) is 4.79 Å². The van der Waals surface area contributed by atoms with Crippen LogP contribution in [0.2, 0.25) is 0 Å². The lowest BCUT2D eigenvalue weighted by molar-refractivity contribution is -0.116. The Kier molecular flexibility index (Phi) is 3.39. The van der Waals surface area contributed by atoms with Crippen LogP contribution in [-0.4, -0.2) is 11.8 Å². The Morgan fingerprint density at radius 1 is 1.24 bits per heavy atom. The van der Waals surface area contributed by atoms with E-state index in [-0.39, 0.29) is 5.91 Å². The summed E-state index contributed by atoms with van der Waals surface area (Å²) in [6.07, 6.45) is 0. The monoisotopic (exact) mass is 345 g/mol. The van der Waals surface area contributed by atoms with Gasteiger partial charge in [0.25, 0.3) is 5.91 Å². The highest BCUT2D eigenvalue weighted by molar-refractivity contribution is 9.10. The second-order valence-electron chi connectivity index (χ2n) is 4.74. The van der Waals surface area contributed by atoms with Crippen molar-refractivity contribution in [1.29, 1.82) is 0 Å². The Morgan fingerprint density at radius 3 is 2.81 bits per heavy atom. The summed E-state index contributed by atoms with van der Waals surface area (Å²) in [5.74, 6) is -0.634. The molecule has 0 spiro atoms. The summed E-state index contributed by atoms with van der Waals surface area (Å²) in [4.78, 5) is 23.3. The molecule has 0 aromatic heterocycles. The smallest absolute Gasteiger partial charge is 0.251 e. The first-order valence-corrected chi connectivity index (χ1v) is 7.10. The molecule has 0 aliphatic carbocycles. The molecule has 1 unspecified atom stereocenters. The zero-order valence-electron chi connectivity index (χ0n) is 10.9. The van der Waals surface area contributed by atoms with Gasteiger partial charge >= 0.3 is 0 Å². The minimum absolute atomic E-state index is 0.132. The van der Waals surface area contributed by atoms with Crippen molar-refractivity contribution in [1.82, 2.24) is 0 Å². The average Bonchev–Trinajstić information content (AvgIpc) is 2.75. The van der Waals surface area contributed by atoms with E-state index in [2.05, 4.69) is 26.6 Å². The van der Waals surface area contributed by atoms with Crippen molar-refractivity contribution in [3.05, 3.63) is 58.1 Å². The molecule has 0 radical (unpaired) electrons. The second-order valence-corrected chi connectivity index (χ2v) is 5.66. The Balaban J connectivity index is 1.92. The lowest BCUT2D eigenvalue weighted by Gasteiger charge is -2.13. The van der Waals surface area contributed by atoms with Gasteiger partial charge in [0.1, 0.15) is 6.04 Å². The first kappa shape index (κ1) is 13.6. The number of amides is 2. The van der Waals surface area contributed by atoms with Gasteiger partial charge in [-0.3, -0.25) is 9.59 Å². The zero-order valence-corrected chi connectivity index (χ0v) is 12.5. The van der Waals surface area contributed by atoms with Crippen molar-refractivity contribution >= 4 is 39.1 Å². The molecule has 2 aromatic carbocycles. The van der Waals surface area contributed by atoms with Gasteiger partial charge in [-0.2, -0.15) is 0 Å². The molecule has 4 N–H and O–H groups in total. The van der Waals surface area contributed by atoms with Crippen LogP contribution in [0.25, 0.3) is 0 Å². The maximum Gasteiger partial charge on any atom is 0.251 e. The SMILES string of the molecule is NC(=O)c1cccc(NC2C(=O)Nc3ccc(Br)cc32)c1. The molecule has 5 nitrogen and oxygen atoms in total. The van der Waals surface area contributed by atoms with Gasteiger partial charge in [-0.15, -0.1) is 0 Å². The number of nitrogens with one attached hydrogen (secondary N) is 2. The van der Waals surface area contributed by atoms with E-state index in [4.69, 9.17) is 5.73 Å². The summed E-state index contributed by atoms with van der Waals surface area (Å²) in [5, 5.41) is 5.95. The number of anilines is 2. The van der Waals surface area contributed by atoms with Crippen LogP contribution in [0, 0.1) is 0 Å². The third-order valence-electron chi connectivity index (χ3n) is 3.30. The van der Waals surface area contributed by atoms with E-state index in [1.807, 2.05) is 18.2 Å². The Labute approximate surface area is 129 Å². The molecule has 0 fully saturated rings. The van der Waals surface area contributed by atoms with Gasteiger partial charge in [-0.25, -0.2) is 0 Å². The highest BCUT2D eigenvalue weighted by Gasteiger charge is 2.30. The molecule has 6 heteroatoms. The number of hydrogen-bond acceptors (Lipinski definition) is 3. The van der Waals surface area contributed by atoms with Crippen molar-refractivity contribution in [2.75, 3.05) is 10.6 Å². The van der Waals surface area contributed by atoms with E-state index >= 15 is 0 Å². The van der Waals surface area contributed by atoms with Gasteiger partial charge in [0.15, 0.2) is 0 Å². The van der Waals surface area contributed by atoms with Crippen molar-refractivity contribution in [2.45, 2.75) is 6.04 Å². The Hall–Kier alpha value is -2.34. The number of benzene rings is 2. The lowest BCUT2D eigenvalue weighted by atomic mass is 10.1. The van der Waals surface area contributed by atoms with Gasteiger partial charge in [0.05, 0.1) is 0 Å². The van der Waals surface area contributed by atoms with E-state index in [1.165, 1.54) is 0 Å². The first-order chi connectivity index (χ1) is 10.0. The highest BCUT2D eigenvalue weighted by Crippen LogP contribution is 2.35. The number of hydrogen-bond donors (Lipinski definition) is 3. The van der Waals surface area contributed by atoms with Crippen LogP contribution < -0.4 is 16.4 Å². The van der Waals surface area contributed by atoms with E-state index in [9.17, 15) is 9.59 Å². The van der Waals surface area contributed by atoms with Crippen LogP contribution in [0.15, 0.2) is 46.9 Å². The third-order valence-corrected chi connectivity index (χ3v) is 3.80. The highest BCUT2D eigenvalue weighted by atomic mass is 79.9. The number of carbonyl (C=O) groups excluding carboxylic acids is 2. The Morgan fingerprint density at radius 2 is 2.05 bits per heavy atom. The minimum atomic E-state index is -0.502. The van der Waals surface area contributed by atoms with E-state index in [1.54, 1.807) is 24.3 Å².